The van der Waals surface area contributed by atoms with E-state index in [1.54, 1.807) is 0 Å². The molecule has 2 amide bonds. The van der Waals surface area contributed by atoms with Crippen molar-refractivity contribution in [2.24, 2.45) is 0 Å². The van der Waals surface area contributed by atoms with Crippen LogP contribution >= 0.6 is 0 Å². The predicted molar refractivity (Wildman–Crippen MR) is 137 cm³/mol. The van der Waals surface area contributed by atoms with Gasteiger partial charge in [-0.25, -0.2) is 0 Å². The van der Waals surface area contributed by atoms with Gasteiger partial charge in [0.2, 0.25) is 11.8 Å². The molecule has 0 radical (unpaired) electrons. The van der Waals surface area contributed by atoms with Crippen molar-refractivity contribution in [3.05, 3.63) is 24.3 Å². The summed E-state index contributed by atoms with van der Waals surface area (Å²) >= 11 is 0. The number of nitrogens with one attached hydrogen (secondary N) is 3. The second-order valence-electron chi connectivity index (χ2n) is 8.78. The summed E-state index contributed by atoms with van der Waals surface area (Å²) in [5, 5.41) is 8.92. The molecular weight excluding hydrogens is 398 g/mol. The van der Waals surface area contributed by atoms with E-state index in [9.17, 15) is 9.59 Å². The molecule has 1 aromatic rings. The standard InChI is InChI=1S/C27H47N3O2/c1-3-5-6-7-8-9-10-11-12-13-14-15-16-17-21-28-27(32)23-29-24-19-18-20-25(22-24)30-26(31)4-2/h18-20,22,29H,3-17,21,23H2,1-2H3,(H,28,32)(H,30,31). The lowest BCUT2D eigenvalue weighted by Crippen LogP contribution is -2.30. The smallest absolute Gasteiger partial charge is 0.239 e. The lowest BCUT2D eigenvalue weighted by atomic mass is 10.0. The molecular formula is C27H47N3O2. The molecule has 0 aromatic heterocycles. The number of carbonyl (C=O) groups excluding carboxylic acids is 2. The van der Waals surface area contributed by atoms with Gasteiger partial charge in [-0.1, -0.05) is 103 Å². The summed E-state index contributed by atoms with van der Waals surface area (Å²) in [4.78, 5) is 23.5. The maximum atomic E-state index is 12.0. The van der Waals surface area contributed by atoms with E-state index in [0.29, 0.717) is 6.42 Å². The van der Waals surface area contributed by atoms with E-state index in [2.05, 4.69) is 22.9 Å². The van der Waals surface area contributed by atoms with E-state index in [1.165, 1.54) is 83.5 Å². The predicted octanol–water partition coefficient (Wildman–Crippen LogP) is 7.04. The molecule has 0 fully saturated rings. The lowest BCUT2D eigenvalue weighted by molar-refractivity contribution is -0.119. The summed E-state index contributed by atoms with van der Waals surface area (Å²) in [7, 11) is 0. The van der Waals surface area contributed by atoms with Gasteiger partial charge < -0.3 is 16.0 Å². The first-order valence-electron chi connectivity index (χ1n) is 13.1. The van der Waals surface area contributed by atoms with Crippen LogP contribution in [0.3, 0.4) is 0 Å². The van der Waals surface area contributed by atoms with Crippen LogP contribution in [-0.2, 0) is 9.59 Å². The second-order valence-corrected chi connectivity index (χ2v) is 8.78. The molecule has 0 saturated carbocycles. The number of anilines is 2. The van der Waals surface area contributed by atoms with Crippen molar-refractivity contribution in [1.82, 2.24) is 5.32 Å². The Morgan fingerprint density at radius 1 is 0.688 bits per heavy atom. The Kier molecular flexibility index (Phi) is 17.2. The number of rotatable bonds is 20. The molecule has 0 saturated heterocycles. The van der Waals surface area contributed by atoms with Gasteiger partial charge in [0.1, 0.15) is 0 Å². The first-order chi connectivity index (χ1) is 15.7. The first-order valence-corrected chi connectivity index (χ1v) is 13.1. The van der Waals surface area contributed by atoms with E-state index >= 15 is 0 Å². The molecule has 3 N–H and O–H groups in total. The van der Waals surface area contributed by atoms with Crippen LogP contribution in [0.25, 0.3) is 0 Å². The van der Waals surface area contributed by atoms with Crippen LogP contribution in [0.5, 0.6) is 0 Å². The SMILES string of the molecule is CCCCCCCCCCCCCCCCNC(=O)CNc1cccc(NC(=O)CC)c1. The largest absolute Gasteiger partial charge is 0.376 e. The van der Waals surface area contributed by atoms with Crippen molar-refractivity contribution in [3.63, 3.8) is 0 Å². The highest BCUT2D eigenvalue weighted by Gasteiger charge is 2.03. The Balaban J connectivity index is 1.93. The van der Waals surface area contributed by atoms with Crippen LogP contribution in [-0.4, -0.2) is 24.9 Å². The third-order valence-corrected chi connectivity index (χ3v) is 5.77. The molecule has 5 nitrogen and oxygen atoms in total. The second kappa shape index (κ2) is 19.6. The van der Waals surface area contributed by atoms with Gasteiger partial charge in [0.25, 0.3) is 0 Å². The summed E-state index contributed by atoms with van der Waals surface area (Å²) in [5.74, 6) is -0.0178. The van der Waals surface area contributed by atoms with Gasteiger partial charge in [0, 0.05) is 24.3 Å². The molecule has 0 spiro atoms. The average Bonchev–Trinajstić information content (AvgIpc) is 2.80. The molecule has 0 heterocycles. The molecule has 0 atom stereocenters. The number of hydrogen-bond acceptors (Lipinski definition) is 3. The number of benzene rings is 1. The quantitative estimate of drug-likeness (QED) is 0.188. The zero-order valence-corrected chi connectivity index (χ0v) is 20.6. The van der Waals surface area contributed by atoms with E-state index < -0.39 is 0 Å². The van der Waals surface area contributed by atoms with E-state index in [4.69, 9.17) is 0 Å². The molecule has 0 aliphatic carbocycles. The minimum Gasteiger partial charge on any atom is -0.376 e. The number of hydrogen-bond donors (Lipinski definition) is 3. The molecule has 1 rings (SSSR count). The van der Waals surface area contributed by atoms with Crippen molar-refractivity contribution < 1.29 is 9.59 Å². The van der Waals surface area contributed by atoms with Gasteiger partial charge >= 0.3 is 0 Å². The number of unbranched alkanes of at least 4 members (excludes halogenated alkanes) is 13. The number of carbonyl (C=O) groups is 2. The summed E-state index contributed by atoms with van der Waals surface area (Å²) < 4.78 is 0. The van der Waals surface area contributed by atoms with Crippen LogP contribution in [0.1, 0.15) is 110 Å². The fraction of sp³-hybridized carbons (Fsp3) is 0.704. The summed E-state index contributed by atoms with van der Waals surface area (Å²) in [6.45, 7) is 5.07. The fourth-order valence-electron chi connectivity index (χ4n) is 3.75. The third kappa shape index (κ3) is 15.7. The molecule has 182 valence electrons. The van der Waals surface area contributed by atoms with Crippen LogP contribution in [0, 0.1) is 0 Å². The molecule has 0 bridgehead atoms. The summed E-state index contributed by atoms with van der Waals surface area (Å²) in [5.41, 5.74) is 1.57. The lowest BCUT2D eigenvalue weighted by Gasteiger charge is -2.10. The molecule has 0 aliphatic rings. The highest BCUT2D eigenvalue weighted by molar-refractivity contribution is 5.91. The molecule has 0 unspecified atom stereocenters. The van der Waals surface area contributed by atoms with Gasteiger partial charge in [-0.3, -0.25) is 9.59 Å². The zero-order chi connectivity index (χ0) is 23.3. The van der Waals surface area contributed by atoms with Gasteiger partial charge in [-0.05, 0) is 24.6 Å². The summed E-state index contributed by atoms with van der Waals surface area (Å²) in [6.07, 6.45) is 19.2. The van der Waals surface area contributed by atoms with Gasteiger partial charge in [0.05, 0.1) is 6.54 Å². The van der Waals surface area contributed by atoms with Crippen molar-refractivity contribution in [1.29, 1.82) is 0 Å². The van der Waals surface area contributed by atoms with E-state index in [0.717, 1.165) is 24.3 Å². The Hall–Kier alpha value is -2.04. The highest BCUT2D eigenvalue weighted by atomic mass is 16.2. The minimum atomic E-state index is -0.0203. The van der Waals surface area contributed by atoms with Crippen LogP contribution in [0.4, 0.5) is 11.4 Å². The average molecular weight is 446 g/mol. The van der Waals surface area contributed by atoms with E-state index in [1.807, 2.05) is 31.2 Å². The van der Waals surface area contributed by atoms with Crippen molar-refractivity contribution in [3.8, 4) is 0 Å². The maximum absolute atomic E-state index is 12.0. The highest BCUT2D eigenvalue weighted by Crippen LogP contribution is 2.15. The van der Waals surface area contributed by atoms with Gasteiger partial charge in [-0.15, -0.1) is 0 Å². The monoisotopic (exact) mass is 445 g/mol. The van der Waals surface area contributed by atoms with Crippen molar-refractivity contribution >= 4 is 23.2 Å². The minimum absolute atomic E-state index is 0.00249. The van der Waals surface area contributed by atoms with Crippen LogP contribution in [0.2, 0.25) is 0 Å². The fourth-order valence-corrected chi connectivity index (χ4v) is 3.75. The van der Waals surface area contributed by atoms with E-state index in [-0.39, 0.29) is 18.4 Å². The molecule has 32 heavy (non-hydrogen) atoms. The topological polar surface area (TPSA) is 70.2 Å². The molecule has 5 heteroatoms. The Bertz CT molecular complexity index is 619. The number of amides is 2. The zero-order valence-electron chi connectivity index (χ0n) is 20.6. The van der Waals surface area contributed by atoms with Gasteiger partial charge in [-0.2, -0.15) is 0 Å². The van der Waals surface area contributed by atoms with Crippen molar-refractivity contribution in [2.75, 3.05) is 23.7 Å². The molecule has 0 aliphatic heterocycles. The molecule has 1 aromatic carbocycles. The Labute approximate surface area is 196 Å². The summed E-state index contributed by atoms with van der Waals surface area (Å²) in [6, 6.07) is 7.44. The maximum Gasteiger partial charge on any atom is 0.239 e. The first kappa shape index (κ1) is 28.0. The van der Waals surface area contributed by atoms with Crippen LogP contribution < -0.4 is 16.0 Å². The normalized spacial score (nSPS) is 10.7. The third-order valence-electron chi connectivity index (χ3n) is 5.77. The Morgan fingerprint density at radius 3 is 1.78 bits per heavy atom. The Morgan fingerprint density at radius 2 is 1.22 bits per heavy atom. The van der Waals surface area contributed by atoms with Crippen LogP contribution in [0.15, 0.2) is 24.3 Å². The van der Waals surface area contributed by atoms with Gasteiger partial charge in [0.15, 0.2) is 0 Å². The van der Waals surface area contributed by atoms with Crippen molar-refractivity contribution in [2.45, 2.75) is 110 Å².